The molecular formula is C32H38IN3O. The van der Waals surface area contributed by atoms with Crippen molar-refractivity contribution in [2.24, 2.45) is 0 Å². The SMILES string of the molecule is CC(C)c1cccc(C(C)C)c1-n1n[n+](-c2c(C(C)C)cccc2C(C)C)c(-c2cccc([O-])c2)c1I. The lowest BCUT2D eigenvalue weighted by Crippen LogP contribution is -2.39. The van der Waals surface area contributed by atoms with Crippen LogP contribution in [0.1, 0.15) is 101 Å². The van der Waals surface area contributed by atoms with Crippen LogP contribution in [0, 0.1) is 3.70 Å². The molecular weight excluding hydrogens is 569 g/mol. The van der Waals surface area contributed by atoms with Crippen molar-refractivity contribution in [2.45, 2.75) is 79.1 Å². The summed E-state index contributed by atoms with van der Waals surface area (Å²) in [4.78, 5) is 0. The summed E-state index contributed by atoms with van der Waals surface area (Å²) in [6.45, 7) is 17.9. The largest absolute Gasteiger partial charge is 0.872 e. The Morgan fingerprint density at radius 3 is 1.62 bits per heavy atom. The van der Waals surface area contributed by atoms with Crippen molar-refractivity contribution in [1.82, 2.24) is 9.90 Å². The Labute approximate surface area is 235 Å². The van der Waals surface area contributed by atoms with Crippen LogP contribution in [0.15, 0.2) is 60.7 Å². The molecule has 0 aliphatic rings. The normalized spacial score (nSPS) is 11.9. The molecule has 0 radical (unpaired) electrons. The molecule has 1 heterocycles. The fraction of sp³-hybridized carbons (Fsp3) is 0.375. The van der Waals surface area contributed by atoms with Gasteiger partial charge in [-0.05, 0) is 23.7 Å². The number of para-hydroxylation sites is 2. The smallest absolute Gasteiger partial charge is 0.242 e. The van der Waals surface area contributed by atoms with Crippen molar-refractivity contribution in [3.05, 3.63) is 86.6 Å². The van der Waals surface area contributed by atoms with Crippen LogP contribution >= 0.6 is 22.6 Å². The van der Waals surface area contributed by atoms with Gasteiger partial charge in [0.25, 0.3) is 0 Å². The number of rotatable bonds is 7. The fourth-order valence-corrected chi connectivity index (χ4v) is 5.94. The van der Waals surface area contributed by atoms with E-state index in [9.17, 15) is 5.11 Å². The minimum atomic E-state index is -0.000669. The van der Waals surface area contributed by atoms with Gasteiger partial charge in [-0.3, -0.25) is 0 Å². The summed E-state index contributed by atoms with van der Waals surface area (Å²) in [6.07, 6.45) is 0. The second-order valence-corrected chi connectivity index (χ2v) is 12.1. The highest BCUT2D eigenvalue weighted by atomic mass is 127. The third-order valence-corrected chi connectivity index (χ3v) is 7.96. The van der Waals surface area contributed by atoms with Gasteiger partial charge in [0.1, 0.15) is 5.21 Å². The van der Waals surface area contributed by atoms with Gasteiger partial charge in [-0.2, -0.15) is 0 Å². The van der Waals surface area contributed by atoms with Crippen LogP contribution in [0.3, 0.4) is 0 Å². The standard InChI is InChI=1S/C32H38IN3O/c1-19(2)25-14-10-15-26(20(3)4)30(25)35-29(23-12-9-13-24(37)18-23)32(33)36(34-35)31-27(21(5)6)16-11-17-28(31)22(7)8/h9-22H,1-8H3. The number of aromatic nitrogens is 3. The van der Waals surface area contributed by atoms with Gasteiger partial charge in [0.2, 0.25) is 9.39 Å². The monoisotopic (exact) mass is 607 g/mol. The number of halogens is 1. The van der Waals surface area contributed by atoms with Gasteiger partial charge in [-0.25, -0.2) is 0 Å². The molecule has 0 N–H and O–H groups in total. The highest BCUT2D eigenvalue weighted by Gasteiger charge is 2.34. The van der Waals surface area contributed by atoms with Crippen molar-refractivity contribution >= 4 is 22.6 Å². The van der Waals surface area contributed by atoms with Gasteiger partial charge in [-0.1, -0.05) is 125 Å². The van der Waals surface area contributed by atoms with E-state index < -0.39 is 0 Å². The third kappa shape index (κ3) is 5.20. The molecule has 1 aromatic heterocycles. The van der Waals surface area contributed by atoms with E-state index in [1.807, 2.05) is 12.1 Å². The lowest BCUT2D eigenvalue weighted by atomic mass is 9.92. The molecule has 0 aliphatic carbocycles. The first kappa shape index (κ1) is 27.4. The molecule has 5 heteroatoms. The molecule has 4 nitrogen and oxygen atoms in total. The molecule has 0 bridgehead atoms. The van der Waals surface area contributed by atoms with E-state index in [1.165, 1.54) is 22.3 Å². The van der Waals surface area contributed by atoms with E-state index in [0.29, 0.717) is 23.7 Å². The number of hydrogen-bond donors (Lipinski definition) is 0. The van der Waals surface area contributed by atoms with Crippen LogP contribution in [0.2, 0.25) is 0 Å². The Morgan fingerprint density at radius 2 is 1.16 bits per heavy atom. The van der Waals surface area contributed by atoms with Crippen LogP contribution in [-0.2, 0) is 0 Å². The predicted molar refractivity (Wildman–Crippen MR) is 159 cm³/mol. The van der Waals surface area contributed by atoms with E-state index in [1.54, 1.807) is 12.1 Å². The summed E-state index contributed by atoms with van der Waals surface area (Å²) >= 11 is 2.42. The molecule has 4 aromatic rings. The summed E-state index contributed by atoms with van der Waals surface area (Å²) in [5.41, 5.74) is 9.11. The van der Waals surface area contributed by atoms with E-state index in [2.05, 4.69) is 124 Å². The molecule has 0 saturated heterocycles. The molecule has 0 saturated carbocycles. The maximum Gasteiger partial charge on any atom is 0.242 e. The quantitative estimate of drug-likeness (QED) is 0.158. The van der Waals surface area contributed by atoms with Crippen molar-refractivity contribution in [3.63, 3.8) is 0 Å². The Kier molecular flexibility index (Phi) is 8.12. The molecule has 0 atom stereocenters. The Hall–Kier alpha value is -2.67. The minimum Gasteiger partial charge on any atom is -0.872 e. The zero-order chi connectivity index (χ0) is 27.0. The Balaban J connectivity index is 2.19. The first-order chi connectivity index (χ1) is 17.5. The average Bonchev–Trinajstić information content (AvgIpc) is 3.19. The molecule has 0 amide bonds. The highest BCUT2D eigenvalue weighted by Crippen LogP contribution is 2.36. The van der Waals surface area contributed by atoms with E-state index in [0.717, 1.165) is 26.3 Å². The van der Waals surface area contributed by atoms with Crippen LogP contribution in [-0.4, -0.2) is 9.90 Å². The van der Waals surface area contributed by atoms with Gasteiger partial charge in [0.05, 0.1) is 0 Å². The molecule has 194 valence electrons. The van der Waals surface area contributed by atoms with E-state index >= 15 is 0 Å². The zero-order valence-electron chi connectivity index (χ0n) is 23.2. The molecule has 37 heavy (non-hydrogen) atoms. The van der Waals surface area contributed by atoms with E-state index in [4.69, 9.17) is 5.21 Å². The fourth-order valence-electron chi connectivity index (χ4n) is 5.06. The summed E-state index contributed by atoms with van der Waals surface area (Å²) in [5.74, 6) is 1.31. The third-order valence-electron chi connectivity index (χ3n) is 6.99. The summed E-state index contributed by atoms with van der Waals surface area (Å²) in [7, 11) is 0. The molecule has 0 spiro atoms. The van der Waals surface area contributed by atoms with E-state index in [-0.39, 0.29) is 5.75 Å². The lowest BCUT2D eigenvalue weighted by Gasteiger charge is -2.17. The predicted octanol–water partition coefficient (Wildman–Crippen LogP) is 7.99. The van der Waals surface area contributed by atoms with Gasteiger partial charge < -0.3 is 5.11 Å². The van der Waals surface area contributed by atoms with Crippen molar-refractivity contribution < 1.29 is 9.79 Å². The first-order valence-electron chi connectivity index (χ1n) is 13.3. The Bertz CT molecular complexity index is 1360. The lowest BCUT2D eigenvalue weighted by molar-refractivity contribution is -0.651. The summed E-state index contributed by atoms with van der Waals surface area (Å²) < 4.78 is 5.20. The second-order valence-electron chi connectivity index (χ2n) is 11.1. The summed E-state index contributed by atoms with van der Waals surface area (Å²) in [6, 6.07) is 20.4. The van der Waals surface area contributed by atoms with Gasteiger partial charge in [0, 0.05) is 50.4 Å². The molecule has 0 unspecified atom stereocenters. The first-order valence-corrected chi connectivity index (χ1v) is 14.3. The van der Waals surface area contributed by atoms with Gasteiger partial charge in [-0.15, -0.1) is 5.75 Å². The topological polar surface area (TPSA) is 44.8 Å². The number of hydrogen-bond acceptors (Lipinski definition) is 2. The van der Waals surface area contributed by atoms with Crippen molar-refractivity contribution in [1.29, 1.82) is 0 Å². The molecule has 3 aromatic carbocycles. The highest BCUT2D eigenvalue weighted by molar-refractivity contribution is 14.1. The average molecular weight is 608 g/mol. The van der Waals surface area contributed by atoms with Crippen LogP contribution in [0.5, 0.6) is 5.75 Å². The van der Waals surface area contributed by atoms with Gasteiger partial charge >= 0.3 is 0 Å². The Morgan fingerprint density at radius 1 is 0.703 bits per heavy atom. The summed E-state index contributed by atoms with van der Waals surface area (Å²) in [5, 5.41) is 17.9. The van der Waals surface area contributed by atoms with Crippen LogP contribution in [0.4, 0.5) is 0 Å². The molecule has 4 rings (SSSR count). The maximum atomic E-state index is 12.5. The molecule has 0 fully saturated rings. The van der Waals surface area contributed by atoms with Crippen molar-refractivity contribution in [2.75, 3.05) is 0 Å². The number of nitrogens with zero attached hydrogens (tertiary/aromatic N) is 3. The maximum absolute atomic E-state index is 12.5. The minimum absolute atomic E-state index is 0.000669. The second kappa shape index (κ2) is 11.0. The van der Waals surface area contributed by atoms with Gasteiger partial charge in [0.15, 0.2) is 11.4 Å². The number of benzene rings is 3. The zero-order valence-corrected chi connectivity index (χ0v) is 25.4. The van der Waals surface area contributed by atoms with Crippen LogP contribution in [0.25, 0.3) is 22.6 Å². The molecule has 0 aliphatic heterocycles. The van der Waals surface area contributed by atoms with Crippen molar-refractivity contribution in [3.8, 4) is 28.4 Å². The van der Waals surface area contributed by atoms with Crippen LogP contribution < -0.4 is 9.79 Å².